The summed E-state index contributed by atoms with van der Waals surface area (Å²) in [5, 5.41) is 5.92. The van der Waals surface area contributed by atoms with Gasteiger partial charge >= 0.3 is 0 Å². The van der Waals surface area contributed by atoms with E-state index in [-0.39, 0.29) is 11.0 Å². The number of aromatic nitrogens is 1. The standard InChI is InChI=1S/C27H27N3O4S/c1-3-5-15-33-22-8-6-7-19(16-22)25(31)30-27(35)28-20-11-14-24-23(17-20)29-26(34-24)18-9-12-21(13-10-18)32-4-2/h6-14,16-17H,3-5,15H2,1-2H3,(H2,28,30,31,35). The third kappa shape index (κ3) is 6.36. The summed E-state index contributed by atoms with van der Waals surface area (Å²) in [6, 6.07) is 20.1. The molecule has 0 atom stereocenters. The van der Waals surface area contributed by atoms with Gasteiger partial charge in [-0.25, -0.2) is 4.98 Å². The van der Waals surface area contributed by atoms with Gasteiger partial charge in [0.1, 0.15) is 17.0 Å². The van der Waals surface area contributed by atoms with E-state index in [1.807, 2.05) is 55.5 Å². The zero-order chi connectivity index (χ0) is 24.6. The molecular weight excluding hydrogens is 462 g/mol. The van der Waals surface area contributed by atoms with Gasteiger partial charge in [0.2, 0.25) is 5.89 Å². The number of amides is 1. The number of rotatable bonds is 9. The molecule has 0 radical (unpaired) electrons. The summed E-state index contributed by atoms with van der Waals surface area (Å²) in [5.41, 5.74) is 3.32. The predicted molar refractivity (Wildman–Crippen MR) is 141 cm³/mol. The molecule has 0 fully saturated rings. The van der Waals surface area contributed by atoms with E-state index in [9.17, 15) is 4.79 Å². The highest BCUT2D eigenvalue weighted by Crippen LogP contribution is 2.27. The van der Waals surface area contributed by atoms with Crippen molar-refractivity contribution in [1.29, 1.82) is 0 Å². The monoisotopic (exact) mass is 489 g/mol. The van der Waals surface area contributed by atoms with Gasteiger partial charge in [-0.05, 0) is 86.2 Å². The van der Waals surface area contributed by atoms with Gasteiger partial charge < -0.3 is 19.2 Å². The molecule has 0 aliphatic rings. The van der Waals surface area contributed by atoms with E-state index in [1.54, 1.807) is 18.2 Å². The lowest BCUT2D eigenvalue weighted by molar-refractivity contribution is 0.0977. The summed E-state index contributed by atoms with van der Waals surface area (Å²) in [6.07, 6.45) is 2.01. The summed E-state index contributed by atoms with van der Waals surface area (Å²) in [6.45, 7) is 5.27. The summed E-state index contributed by atoms with van der Waals surface area (Å²) in [4.78, 5) is 17.2. The minimum absolute atomic E-state index is 0.182. The largest absolute Gasteiger partial charge is 0.494 e. The number of fused-ring (bicyclic) bond motifs is 1. The van der Waals surface area contributed by atoms with Crippen LogP contribution < -0.4 is 20.1 Å². The minimum Gasteiger partial charge on any atom is -0.494 e. The molecule has 0 unspecified atom stereocenters. The van der Waals surface area contributed by atoms with Gasteiger partial charge in [-0.2, -0.15) is 0 Å². The van der Waals surface area contributed by atoms with E-state index in [0.29, 0.717) is 47.2 Å². The molecule has 3 aromatic carbocycles. The van der Waals surface area contributed by atoms with Crippen LogP contribution in [0.2, 0.25) is 0 Å². The van der Waals surface area contributed by atoms with E-state index < -0.39 is 0 Å². The van der Waals surface area contributed by atoms with Crippen molar-refractivity contribution in [1.82, 2.24) is 10.3 Å². The maximum atomic E-state index is 12.6. The molecule has 4 rings (SSSR count). The first-order valence-electron chi connectivity index (χ1n) is 11.5. The molecule has 0 aliphatic heterocycles. The van der Waals surface area contributed by atoms with Gasteiger partial charge in [-0.15, -0.1) is 0 Å². The number of anilines is 1. The maximum Gasteiger partial charge on any atom is 0.257 e. The molecule has 0 bridgehead atoms. The van der Waals surface area contributed by atoms with Crippen molar-refractivity contribution in [3.8, 4) is 23.0 Å². The number of nitrogens with one attached hydrogen (secondary N) is 2. The lowest BCUT2D eigenvalue weighted by Crippen LogP contribution is -2.34. The molecule has 0 saturated carbocycles. The SMILES string of the molecule is CCCCOc1cccc(C(=O)NC(=S)Nc2ccc3oc(-c4ccc(OCC)cc4)nc3c2)c1. The van der Waals surface area contributed by atoms with Crippen LogP contribution in [0.3, 0.4) is 0 Å². The number of carbonyl (C=O) groups is 1. The molecule has 7 nitrogen and oxygen atoms in total. The van der Waals surface area contributed by atoms with Crippen LogP contribution in [0.15, 0.2) is 71.1 Å². The second-order valence-electron chi connectivity index (χ2n) is 7.80. The molecule has 4 aromatic rings. The summed E-state index contributed by atoms with van der Waals surface area (Å²) < 4.78 is 17.0. The number of hydrogen-bond acceptors (Lipinski definition) is 6. The van der Waals surface area contributed by atoms with Crippen LogP contribution in [0.4, 0.5) is 5.69 Å². The van der Waals surface area contributed by atoms with Gasteiger partial charge in [-0.1, -0.05) is 19.4 Å². The van der Waals surface area contributed by atoms with Crippen LogP contribution in [0.25, 0.3) is 22.6 Å². The van der Waals surface area contributed by atoms with Gasteiger partial charge in [-0.3, -0.25) is 10.1 Å². The molecular formula is C27H27N3O4S. The Morgan fingerprint density at radius 3 is 2.60 bits per heavy atom. The van der Waals surface area contributed by atoms with E-state index in [2.05, 4.69) is 22.5 Å². The first-order valence-corrected chi connectivity index (χ1v) is 12.0. The molecule has 35 heavy (non-hydrogen) atoms. The van der Waals surface area contributed by atoms with Crippen molar-refractivity contribution >= 4 is 40.0 Å². The van der Waals surface area contributed by atoms with Gasteiger partial charge in [0.15, 0.2) is 10.7 Å². The fourth-order valence-corrected chi connectivity index (χ4v) is 3.60. The molecule has 8 heteroatoms. The minimum atomic E-state index is -0.316. The van der Waals surface area contributed by atoms with Crippen molar-refractivity contribution in [2.24, 2.45) is 0 Å². The lowest BCUT2D eigenvalue weighted by atomic mass is 10.2. The van der Waals surface area contributed by atoms with Crippen molar-refractivity contribution in [3.63, 3.8) is 0 Å². The number of ether oxygens (including phenoxy) is 2. The van der Waals surface area contributed by atoms with Crippen LogP contribution in [0, 0.1) is 0 Å². The number of benzene rings is 3. The Balaban J connectivity index is 1.39. The Morgan fingerprint density at radius 2 is 1.83 bits per heavy atom. The molecule has 1 heterocycles. The first kappa shape index (κ1) is 24.2. The summed E-state index contributed by atoms with van der Waals surface area (Å²) in [5.74, 6) is 1.65. The predicted octanol–water partition coefficient (Wildman–Crippen LogP) is 6.20. The Bertz CT molecular complexity index is 1320. The normalized spacial score (nSPS) is 10.7. The molecule has 0 spiro atoms. The Kier molecular flexibility index (Phi) is 7.95. The van der Waals surface area contributed by atoms with Crippen molar-refractivity contribution in [3.05, 3.63) is 72.3 Å². The fourth-order valence-electron chi connectivity index (χ4n) is 3.39. The third-order valence-corrected chi connectivity index (χ3v) is 5.35. The fraction of sp³-hybridized carbons (Fsp3) is 0.222. The van der Waals surface area contributed by atoms with Gasteiger partial charge in [0.05, 0.1) is 13.2 Å². The second kappa shape index (κ2) is 11.5. The first-order chi connectivity index (χ1) is 17.1. The van der Waals surface area contributed by atoms with E-state index in [0.717, 1.165) is 24.2 Å². The molecule has 0 aliphatic carbocycles. The topological polar surface area (TPSA) is 85.6 Å². The van der Waals surface area contributed by atoms with E-state index in [4.69, 9.17) is 26.1 Å². The Hall–Kier alpha value is -3.91. The zero-order valence-corrected chi connectivity index (χ0v) is 20.5. The van der Waals surface area contributed by atoms with Gasteiger partial charge in [0.25, 0.3) is 5.91 Å². The zero-order valence-electron chi connectivity index (χ0n) is 19.7. The molecule has 0 saturated heterocycles. The Morgan fingerprint density at radius 1 is 1.00 bits per heavy atom. The average Bonchev–Trinajstić information content (AvgIpc) is 3.28. The lowest BCUT2D eigenvalue weighted by Gasteiger charge is -2.10. The van der Waals surface area contributed by atoms with Crippen LogP contribution in [0.1, 0.15) is 37.0 Å². The van der Waals surface area contributed by atoms with Crippen molar-refractivity contribution < 1.29 is 18.7 Å². The number of carbonyl (C=O) groups excluding carboxylic acids is 1. The molecule has 2 N–H and O–H groups in total. The van der Waals surface area contributed by atoms with Crippen LogP contribution in [-0.4, -0.2) is 29.2 Å². The quantitative estimate of drug-likeness (QED) is 0.214. The number of unbranched alkanes of at least 4 members (excludes halogenated alkanes) is 1. The number of thiocarbonyl (C=S) groups is 1. The highest BCUT2D eigenvalue weighted by Gasteiger charge is 2.12. The molecule has 1 aromatic heterocycles. The number of nitrogens with zero attached hydrogens (tertiary/aromatic N) is 1. The smallest absolute Gasteiger partial charge is 0.257 e. The van der Waals surface area contributed by atoms with Crippen LogP contribution in [0.5, 0.6) is 11.5 Å². The summed E-state index contributed by atoms with van der Waals surface area (Å²) >= 11 is 5.34. The third-order valence-electron chi connectivity index (χ3n) is 5.15. The van der Waals surface area contributed by atoms with Gasteiger partial charge in [0, 0.05) is 16.8 Å². The molecule has 180 valence electrons. The highest BCUT2D eigenvalue weighted by atomic mass is 32.1. The summed E-state index contributed by atoms with van der Waals surface area (Å²) in [7, 11) is 0. The second-order valence-corrected chi connectivity index (χ2v) is 8.21. The van der Waals surface area contributed by atoms with E-state index in [1.165, 1.54) is 0 Å². The van der Waals surface area contributed by atoms with Crippen LogP contribution >= 0.6 is 12.2 Å². The Labute approximate surface area is 209 Å². The molecule has 1 amide bonds. The van der Waals surface area contributed by atoms with E-state index >= 15 is 0 Å². The van der Waals surface area contributed by atoms with Crippen LogP contribution in [-0.2, 0) is 0 Å². The highest BCUT2D eigenvalue weighted by molar-refractivity contribution is 7.80. The number of oxazole rings is 1. The maximum absolute atomic E-state index is 12.6. The van der Waals surface area contributed by atoms with Crippen molar-refractivity contribution in [2.45, 2.75) is 26.7 Å². The van der Waals surface area contributed by atoms with Crippen molar-refractivity contribution in [2.75, 3.05) is 18.5 Å². The average molecular weight is 490 g/mol. The number of hydrogen-bond donors (Lipinski definition) is 2.